The zero-order valence-corrected chi connectivity index (χ0v) is 13.9. The van der Waals surface area contributed by atoms with Gasteiger partial charge in [-0.25, -0.2) is 0 Å². The second kappa shape index (κ2) is 8.46. The number of thiocarbonyl (C=S) groups is 1. The zero-order chi connectivity index (χ0) is 15.8. The van der Waals surface area contributed by atoms with Crippen LogP contribution in [0.5, 0.6) is 0 Å². The van der Waals surface area contributed by atoms with Gasteiger partial charge in [0.05, 0.1) is 33.2 Å². The Kier molecular flexibility index (Phi) is 6.30. The molecule has 1 atom stereocenters. The Balaban J connectivity index is 2.08. The van der Waals surface area contributed by atoms with Crippen LogP contribution >= 0.6 is 12.2 Å². The van der Waals surface area contributed by atoms with E-state index < -0.39 is 0 Å². The molecule has 3 N–H and O–H groups in total. The largest absolute Gasteiger partial charge is 0.357 e. The van der Waals surface area contributed by atoms with Crippen LogP contribution in [0.3, 0.4) is 0 Å². The summed E-state index contributed by atoms with van der Waals surface area (Å²) in [4.78, 5) is 5.48. The number of quaternary nitrogens is 1. The molecule has 22 heavy (non-hydrogen) atoms. The lowest BCUT2D eigenvalue weighted by molar-refractivity contribution is -0.856. The van der Waals surface area contributed by atoms with E-state index in [-0.39, 0.29) is 6.04 Å². The third kappa shape index (κ3) is 5.09. The van der Waals surface area contributed by atoms with Gasteiger partial charge in [-0.15, -0.1) is 0 Å². The number of nitrogens with zero attached hydrogens (tertiary/aromatic N) is 1. The van der Waals surface area contributed by atoms with E-state index in [1.807, 2.05) is 30.3 Å². The quantitative estimate of drug-likeness (QED) is 0.689. The Hall–Kier alpha value is -1.98. The molecule has 0 aliphatic heterocycles. The topological polar surface area (TPSA) is 41.4 Å². The highest BCUT2D eigenvalue weighted by molar-refractivity contribution is 7.80. The van der Waals surface area contributed by atoms with E-state index in [9.17, 15) is 0 Å². The Morgan fingerprint density at radius 2 is 1.73 bits per heavy atom. The lowest BCUT2D eigenvalue weighted by atomic mass is 10.00. The molecule has 0 saturated carbocycles. The minimum atomic E-state index is 0.0240. The average Bonchev–Trinajstić information content (AvgIpc) is 2.54. The number of benzene rings is 1. The van der Waals surface area contributed by atoms with Crippen LogP contribution in [-0.4, -0.2) is 37.3 Å². The molecular weight excluding hydrogens is 292 g/mol. The van der Waals surface area contributed by atoms with E-state index in [0.29, 0.717) is 5.11 Å². The molecule has 0 radical (unpaired) electrons. The normalized spacial score (nSPS) is 12.0. The maximum absolute atomic E-state index is 5.44. The number of hydrogen-bond acceptors (Lipinski definition) is 2. The van der Waals surface area contributed by atoms with Crippen molar-refractivity contribution in [3.8, 4) is 0 Å². The standard InChI is InChI=1S/C17H22N4S/c1-21(2)13-12-19-17(22)20-16(14-6-4-3-5-7-14)15-8-10-18-11-9-15/h3-11,16H,12-13H2,1-2H3,(H2,19,20,22)/p+1/t16-/m1/s1. The van der Waals surface area contributed by atoms with E-state index in [1.54, 1.807) is 12.4 Å². The summed E-state index contributed by atoms with van der Waals surface area (Å²) in [6.45, 7) is 1.87. The molecule has 0 bridgehead atoms. The number of nitrogens with one attached hydrogen (secondary N) is 3. The van der Waals surface area contributed by atoms with Crippen LogP contribution in [0, 0.1) is 0 Å². The third-order valence-electron chi connectivity index (χ3n) is 3.36. The molecule has 0 spiro atoms. The highest BCUT2D eigenvalue weighted by Gasteiger charge is 2.14. The molecule has 2 aromatic rings. The Morgan fingerprint density at radius 3 is 2.36 bits per heavy atom. The molecule has 1 heterocycles. The SMILES string of the molecule is C[NH+](C)CCNC(=S)N[C@H](c1ccccc1)c1ccncc1. The monoisotopic (exact) mass is 315 g/mol. The second-order valence-corrected chi connectivity index (χ2v) is 5.89. The molecule has 0 amide bonds. The zero-order valence-electron chi connectivity index (χ0n) is 13.0. The van der Waals surface area contributed by atoms with Crippen molar-refractivity contribution >= 4 is 17.3 Å². The van der Waals surface area contributed by atoms with Crippen LogP contribution in [0.25, 0.3) is 0 Å². The summed E-state index contributed by atoms with van der Waals surface area (Å²) in [6.07, 6.45) is 3.61. The van der Waals surface area contributed by atoms with Crippen molar-refractivity contribution in [1.29, 1.82) is 0 Å². The lowest BCUT2D eigenvalue weighted by Crippen LogP contribution is -3.06. The third-order valence-corrected chi connectivity index (χ3v) is 3.62. The molecule has 0 saturated heterocycles. The number of rotatable bonds is 6. The fourth-order valence-electron chi connectivity index (χ4n) is 2.17. The fraction of sp³-hybridized carbons (Fsp3) is 0.294. The average molecular weight is 315 g/mol. The van der Waals surface area contributed by atoms with Gasteiger partial charge >= 0.3 is 0 Å². The van der Waals surface area contributed by atoms with Gasteiger partial charge in [0, 0.05) is 12.4 Å². The maximum Gasteiger partial charge on any atom is 0.167 e. The van der Waals surface area contributed by atoms with E-state index in [4.69, 9.17) is 12.2 Å². The smallest absolute Gasteiger partial charge is 0.167 e. The van der Waals surface area contributed by atoms with Gasteiger partial charge < -0.3 is 15.5 Å². The Morgan fingerprint density at radius 1 is 1.09 bits per heavy atom. The van der Waals surface area contributed by atoms with Crippen LogP contribution in [0.15, 0.2) is 54.9 Å². The van der Waals surface area contributed by atoms with Gasteiger partial charge in [-0.2, -0.15) is 0 Å². The molecular formula is C17H23N4S+. The molecule has 5 heteroatoms. The van der Waals surface area contributed by atoms with Crippen molar-refractivity contribution in [2.75, 3.05) is 27.2 Å². The number of hydrogen-bond donors (Lipinski definition) is 3. The van der Waals surface area contributed by atoms with Crippen molar-refractivity contribution in [2.45, 2.75) is 6.04 Å². The number of pyridine rings is 1. The molecule has 2 rings (SSSR count). The summed E-state index contributed by atoms with van der Waals surface area (Å²) in [5.74, 6) is 0. The van der Waals surface area contributed by atoms with Gasteiger partial charge in [0.15, 0.2) is 5.11 Å². The molecule has 0 aliphatic rings. The fourth-order valence-corrected chi connectivity index (χ4v) is 2.39. The Bertz CT molecular complexity index is 532. The molecule has 0 aliphatic carbocycles. The highest BCUT2D eigenvalue weighted by Crippen LogP contribution is 2.21. The molecule has 1 aromatic heterocycles. The summed E-state index contributed by atoms with van der Waals surface area (Å²) >= 11 is 5.44. The maximum atomic E-state index is 5.44. The van der Waals surface area contributed by atoms with Crippen molar-refractivity contribution in [1.82, 2.24) is 15.6 Å². The van der Waals surface area contributed by atoms with E-state index in [1.165, 1.54) is 10.5 Å². The molecule has 0 unspecified atom stereocenters. The first kappa shape index (κ1) is 16.4. The van der Waals surface area contributed by atoms with Crippen LogP contribution < -0.4 is 15.5 Å². The number of aromatic nitrogens is 1. The van der Waals surface area contributed by atoms with Gasteiger partial charge in [-0.3, -0.25) is 4.98 Å². The van der Waals surface area contributed by atoms with Crippen LogP contribution in [0.1, 0.15) is 17.2 Å². The van der Waals surface area contributed by atoms with Gasteiger partial charge in [-0.1, -0.05) is 30.3 Å². The van der Waals surface area contributed by atoms with Crippen LogP contribution in [-0.2, 0) is 0 Å². The minimum absolute atomic E-state index is 0.0240. The Labute approximate surface area is 137 Å². The van der Waals surface area contributed by atoms with Gasteiger partial charge in [0.25, 0.3) is 0 Å². The summed E-state index contributed by atoms with van der Waals surface area (Å²) in [5.41, 5.74) is 2.32. The first-order chi connectivity index (χ1) is 10.7. The molecule has 116 valence electrons. The van der Waals surface area contributed by atoms with Crippen molar-refractivity contribution in [3.05, 3.63) is 66.0 Å². The summed E-state index contributed by atoms with van der Waals surface area (Å²) in [5, 5.41) is 7.35. The van der Waals surface area contributed by atoms with Crippen molar-refractivity contribution in [3.63, 3.8) is 0 Å². The molecule has 0 fully saturated rings. The molecule has 1 aromatic carbocycles. The van der Waals surface area contributed by atoms with Gasteiger partial charge in [0.2, 0.25) is 0 Å². The predicted octanol–water partition coefficient (Wildman–Crippen LogP) is 0.780. The van der Waals surface area contributed by atoms with Crippen molar-refractivity contribution in [2.24, 2.45) is 0 Å². The predicted molar refractivity (Wildman–Crippen MR) is 93.9 cm³/mol. The molecule has 4 nitrogen and oxygen atoms in total. The summed E-state index contributed by atoms with van der Waals surface area (Å²) in [7, 11) is 4.25. The minimum Gasteiger partial charge on any atom is -0.357 e. The van der Waals surface area contributed by atoms with E-state index in [0.717, 1.165) is 18.7 Å². The summed E-state index contributed by atoms with van der Waals surface area (Å²) < 4.78 is 0. The second-order valence-electron chi connectivity index (χ2n) is 5.48. The lowest BCUT2D eigenvalue weighted by Gasteiger charge is -2.22. The first-order valence-corrected chi connectivity index (χ1v) is 7.86. The van der Waals surface area contributed by atoms with Gasteiger partial charge in [0.1, 0.15) is 0 Å². The van der Waals surface area contributed by atoms with Crippen LogP contribution in [0.4, 0.5) is 0 Å². The first-order valence-electron chi connectivity index (χ1n) is 7.45. The highest BCUT2D eigenvalue weighted by atomic mass is 32.1. The van der Waals surface area contributed by atoms with Crippen LogP contribution in [0.2, 0.25) is 0 Å². The van der Waals surface area contributed by atoms with Gasteiger partial charge in [-0.05, 0) is 35.5 Å². The summed E-state index contributed by atoms with van der Waals surface area (Å²) in [6, 6.07) is 14.3. The number of likely N-dealkylation sites (N-methyl/N-ethyl adjacent to an activating group) is 1. The van der Waals surface area contributed by atoms with Crippen molar-refractivity contribution < 1.29 is 4.90 Å². The van der Waals surface area contributed by atoms with E-state index in [2.05, 4.69) is 41.8 Å². The van der Waals surface area contributed by atoms with E-state index >= 15 is 0 Å².